The van der Waals surface area contributed by atoms with Crippen molar-refractivity contribution in [2.24, 2.45) is 0 Å². The summed E-state index contributed by atoms with van der Waals surface area (Å²) in [6, 6.07) is 16.2. The van der Waals surface area contributed by atoms with Crippen molar-refractivity contribution in [1.29, 1.82) is 0 Å². The van der Waals surface area contributed by atoms with Gasteiger partial charge in [-0.25, -0.2) is 0 Å². The topological polar surface area (TPSA) is 60.2 Å². The number of likely N-dealkylation sites (tertiary alicyclic amines) is 1. The van der Waals surface area contributed by atoms with Crippen molar-refractivity contribution in [3.05, 3.63) is 84.7 Å². The molecule has 2 aromatic carbocycles. The Hall–Kier alpha value is -3.93. The lowest BCUT2D eigenvalue weighted by Crippen LogP contribution is -2.27. The molecule has 166 valence electrons. The first kappa shape index (κ1) is 20.9. The van der Waals surface area contributed by atoms with Crippen LogP contribution in [0.5, 0.6) is 11.5 Å². The van der Waals surface area contributed by atoms with Crippen molar-refractivity contribution >= 4 is 16.8 Å². The van der Waals surface area contributed by atoms with Crippen LogP contribution in [0, 0.1) is 13.8 Å². The minimum atomic E-state index is -0.0321. The molecule has 1 atom stereocenters. The predicted octanol–water partition coefficient (Wildman–Crippen LogP) is 5.47. The number of hydrogen-bond acceptors (Lipinski definition) is 4. The number of ether oxygens (including phenoxy) is 1. The van der Waals surface area contributed by atoms with E-state index in [-0.39, 0.29) is 11.9 Å². The molecule has 1 amide bonds. The molecular formula is C27H26N4O2. The summed E-state index contributed by atoms with van der Waals surface area (Å²) >= 11 is 0. The van der Waals surface area contributed by atoms with Gasteiger partial charge in [-0.2, -0.15) is 5.10 Å². The minimum absolute atomic E-state index is 0.0321. The zero-order valence-electron chi connectivity index (χ0n) is 18.9. The number of aromatic nitrogens is 3. The molecule has 1 saturated heterocycles. The lowest BCUT2D eigenvalue weighted by Gasteiger charge is -2.15. The SMILES string of the molecule is C=CC(=O)N1CCC(n2nc(-c3ccc(Oc4cccc(C)c4C)cc3)c3cnccc32)C1. The van der Waals surface area contributed by atoms with E-state index in [0.29, 0.717) is 13.1 Å². The predicted molar refractivity (Wildman–Crippen MR) is 129 cm³/mol. The van der Waals surface area contributed by atoms with Gasteiger partial charge in [-0.3, -0.25) is 14.5 Å². The number of amides is 1. The van der Waals surface area contributed by atoms with Gasteiger partial charge < -0.3 is 9.64 Å². The van der Waals surface area contributed by atoms with Crippen LogP contribution in [0.3, 0.4) is 0 Å². The van der Waals surface area contributed by atoms with E-state index < -0.39 is 0 Å². The summed E-state index contributed by atoms with van der Waals surface area (Å²) in [5.74, 6) is 1.61. The Morgan fingerprint density at radius 3 is 2.76 bits per heavy atom. The number of fused-ring (bicyclic) bond motifs is 1. The summed E-state index contributed by atoms with van der Waals surface area (Å²) in [7, 11) is 0. The van der Waals surface area contributed by atoms with E-state index in [4.69, 9.17) is 9.84 Å². The van der Waals surface area contributed by atoms with Gasteiger partial charge in [-0.15, -0.1) is 0 Å². The zero-order chi connectivity index (χ0) is 22.9. The third-order valence-corrected chi connectivity index (χ3v) is 6.41. The third kappa shape index (κ3) is 3.89. The van der Waals surface area contributed by atoms with Gasteiger partial charge in [-0.05, 0) is 73.9 Å². The van der Waals surface area contributed by atoms with Crippen LogP contribution in [0.1, 0.15) is 23.6 Å². The zero-order valence-corrected chi connectivity index (χ0v) is 18.9. The molecule has 1 aliphatic rings. The molecule has 2 aromatic heterocycles. The van der Waals surface area contributed by atoms with E-state index in [2.05, 4.69) is 31.5 Å². The largest absolute Gasteiger partial charge is 0.457 e. The Morgan fingerprint density at radius 1 is 1.15 bits per heavy atom. The highest BCUT2D eigenvalue weighted by Gasteiger charge is 2.28. The van der Waals surface area contributed by atoms with Crippen LogP contribution in [-0.2, 0) is 4.79 Å². The molecule has 0 N–H and O–H groups in total. The molecule has 6 nitrogen and oxygen atoms in total. The smallest absolute Gasteiger partial charge is 0.246 e. The molecule has 33 heavy (non-hydrogen) atoms. The summed E-state index contributed by atoms with van der Waals surface area (Å²) in [4.78, 5) is 18.2. The van der Waals surface area contributed by atoms with Gasteiger partial charge in [0, 0.05) is 36.4 Å². The number of benzene rings is 2. The van der Waals surface area contributed by atoms with Gasteiger partial charge in [0.05, 0.1) is 11.6 Å². The molecule has 0 saturated carbocycles. The number of aryl methyl sites for hydroxylation is 1. The van der Waals surface area contributed by atoms with Crippen LogP contribution >= 0.6 is 0 Å². The van der Waals surface area contributed by atoms with Crippen LogP contribution in [0.15, 0.2) is 73.6 Å². The van der Waals surface area contributed by atoms with Crippen molar-refractivity contribution in [1.82, 2.24) is 19.7 Å². The second kappa shape index (κ2) is 8.54. The molecule has 0 radical (unpaired) electrons. The summed E-state index contributed by atoms with van der Waals surface area (Å²) < 4.78 is 8.16. The highest BCUT2D eigenvalue weighted by molar-refractivity contribution is 5.93. The maximum Gasteiger partial charge on any atom is 0.246 e. The first-order valence-corrected chi connectivity index (χ1v) is 11.1. The normalized spacial score (nSPS) is 15.7. The van der Waals surface area contributed by atoms with Crippen molar-refractivity contribution in [2.45, 2.75) is 26.3 Å². The molecule has 4 aromatic rings. The standard InChI is InChI=1S/C27H26N4O2/c1-4-26(32)30-15-13-21(17-30)31-24-12-14-28-16-23(24)27(29-31)20-8-10-22(11-9-20)33-25-7-5-6-18(2)19(25)3/h4-12,14,16,21H,1,13,15,17H2,2-3H3. The van der Waals surface area contributed by atoms with Crippen molar-refractivity contribution in [3.63, 3.8) is 0 Å². The van der Waals surface area contributed by atoms with Crippen LogP contribution in [-0.4, -0.2) is 38.7 Å². The van der Waals surface area contributed by atoms with E-state index in [0.717, 1.165) is 45.6 Å². The van der Waals surface area contributed by atoms with Gasteiger partial charge in [0.2, 0.25) is 5.91 Å². The van der Waals surface area contributed by atoms with E-state index in [9.17, 15) is 4.79 Å². The number of nitrogens with zero attached hydrogens (tertiary/aromatic N) is 4. The Balaban J connectivity index is 1.45. The number of carbonyl (C=O) groups excluding carboxylic acids is 1. The monoisotopic (exact) mass is 438 g/mol. The Labute approximate surface area is 193 Å². The molecule has 0 bridgehead atoms. The lowest BCUT2D eigenvalue weighted by atomic mass is 10.1. The van der Waals surface area contributed by atoms with Gasteiger partial charge in [0.15, 0.2) is 0 Å². The average Bonchev–Trinajstić information content (AvgIpc) is 3.47. The molecule has 1 unspecified atom stereocenters. The first-order chi connectivity index (χ1) is 16.0. The van der Waals surface area contributed by atoms with Gasteiger partial charge in [-0.1, -0.05) is 18.7 Å². The second-order valence-electron chi connectivity index (χ2n) is 8.44. The van der Waals surface area contributed by atoms with Crippen LogP contribution in [0.25, 0.3) is 22.2 Å². The highest BCUT2D eigenvalue weighted by Crippen LogP contribution is 2.34. The molecule has 6 heteroatoms. The van der Waals surface area contributed by atoms with E-state index >= 15 is 0 Å². The number of rotatable bonds is 5. The fraction of sp³-hybridized carbons (Fsp3) is 0.222. The number of carbonyl (C=O) groups is 1. The van der Waals surface area contributed by atoms with Gasteiger partial charge >= 0.3 is 0 Å². The highest BCUT2D eigenvalue weighted by atomic mass is 16.5. The van der Waals surface area contributed by atoms with Crippen LogP contribution < -0.4 is 4.74 Å². The quantitative estimate of drug-likeness (QED) is 0.388. The molecule has 1 aliphatic heterocycles. The van der Waals surface area contributed by atoms with Crippen molar-refractivity contribution in [3.8, 4) is 22.8 Å². The van der Waals surface area contributed by atoms with Crippen LogP contribution in [0.4, 0.5) is 0 Å². The summed E-state index contributed by atoms with van der Waals surface area (Å²) in [5.41, 5.74) is 5.24. The Kier molecular flexibility index (Phi) is 5.42. The molecular weight excluding hydrogens is 412 g/mol. The molecule has 0 spiro atoms. The molecule has 1 fully saturated rings. The van der Waals surface area contributed by atoms with E-state index in [1.165, 1.54) is 11.6 Å². The maximum absolute atomic E-state index is 12.0. The first-order valence-electron chi connectivity index (χ1n) is 11.1. The Bertz CT molecular complexity index is 1340. The molecule has 0 aliphatic carbocycles. The summed E-state index contributed by atoms with van der Waals surface area (Å²) in [6.45, 7) is 9.10. The fourth-order valence-corrected chi connectivity index (χ4v) is 4.39. The van der Waals surface area contributed by atoms with Gasteiger partial charge in [0.25, 0.3) is 0 Å². The average molecular weight is 439 g/mol. The van der Waals surface area contributed by atoms with Crippen molar-refractivity contribution in [2.75, 3.05) is 13.1 Å². The number of pyridine rings is 1. The van der Waals surface area contributed by atoms with E-state index in [1.807, 2.05) is 58.2 Å². The number of hydrogen-bond donors (Lipinski definition) is 0. The summed E-state index contributed by atoms with van der Waals surface area (Å²) in [5, 5.41) is 5.97. The Morgan fingerprint density at radius 2 is 1.97 bits per heavy atom. The second-order valence-corrected chi connectivity index (χ2v) is 8.44. The third-order valence-electron chi connectivity index (χ3n) is 6.41. The van der Waals surface area contributed by atoms with Crippen molar-refractivity contribution < 1.29 is 9.53 Å². The van der Waals surface area contributed by atoms with E-state index in [1.54, 1.807) is 6.20 Å². The fourth-order valence-electron chi connectivity index (χ4n) is 4.39. The van der Waals surface area contributed by atoms with Crippen LogP contribution in [0.2, 0.25) is 0 Å². The molecule has 3 heterocycles. The minimum Gasteiger partial charge on any atom is -0.457 e. The lowest BCUT2D eigenvalue weighted by molar-refractivity contribution is -0.125. The maximum atomic E-state index is 12.0. The summed E-state index contributed by atoms with van der Waals surface area (Å²) in [6.07, 6.45) is 5.88. The van der Waals surface area contributed by atoms with Gasteiger partial charge in [0.1, 0.15) is 17.2 Å². The molecule has 5 rings (SSSR count).